The van der Waals surface area contributed by atoms with E-state index < -0.39 is 0 Å². The van der Waals surface area contributed by atoms with E-state index >= 15 is 0 Å². The lowest BCUT2D eigenvalue weighted by Crippen LogP contribution is -2.16. The summed E-state index contributed by atoms with van der Waals surface area (Å²) in [6.45, 7) is 6.09. The molecule has 0 aliphatic heterocycles. The molecular weight excluding hydrogens is 184 g/mol. The predicted molar refractivity (Wildman–Crippen MR) is 64.9 cm³/mol. The Morgan fingerprint density at radius 2 is 2.07 bits per heavy atom. The predicted octanol–water partition coefficient (Wildman–Crippen LogP) is 2.54. The van der Waals surface area contributed by atoms with Crippen LogP contribution in [-0.4, -0.2) is 11.1 Å². The molecule has 15 heavy (non-hydrogen) atoms. The fourth-order valence-corrected chi connectivity index (χ4v) is 1.99. The fourth-order valence-electron chi connectivity index (χ4n) is 1.99. The molecule has 0 aliphatic rings. The molecule has 0 amide bonds. The van der Waals surface area contributed by atoms with Crippen LogP contribution in [0.5, 0.6) is 0 Å². The minimum absolute atomic E-state index is 0.528. The summed E-state index contributed by atoms with van der Waals surface area (Å²) in [5.41, 5.74) is 8.31. The van der Waals surface area contributed by atoms with E-state index in [0.29, 0.717) is 5.92 Å². The van der Waals surface area contributed by atoms with E-state index in [4.69, 9.17) is 5.73 Å². The Morgan fingerprint density at radius 3 is 2.80 bits per heavy atom. The molecule has 2 aromatic rings. The highest BCUT2D eigenvalue weighted by Crippen LogP contribution is 2.21. The van der Waals surface area contributed by atoms with Crippen molar-refractivity contribution in [3.63, 3.8) is 0 Å². The molecular formula is C13H18N2. The van der Waals surface area contributed by atoms with Crippen LogP contribution >= 0.6 is 0 Å². The Morgan fingerprint density at radius 1 is 1.33 bits per heavy atom. The molecule has 0 radical (unpaired) electrons. The van der Waals surface area contributed by atoms with Crippen molar-refractivity contribution < 1.29 is 0 Å². The second kappa shape index (κ2) is 4.07. The van der Waals surface area contributed by atoms with E-state index in [1.165, 1.54) is 16.5 Å². The number of aromatic nitrogens is 1. The van der Waals surface area contributed by atoms with E-state index in [1.807, 2.05) is 0 Å². The van der Waals surface area contributed by atoms with Crippen molar-refractivity contribution in [2.24, 2.45) is 11.7 Å². The number of fused-ring (bicyclic) bond motifs is 1. The third kappa shape index (κ3) is 1.90. The number of nitrogens with zero attached hydrogens (tertiary/aromatic N) is 1. The number of hydrogen-bond donors (Lipinski definition) is 1. The normalized spacial score (nSPS) is 13.3. The largest absolute Gasteiger partial charge is 0.347 e. The number of rotatable bonds is 3. The van der Waals surface area contributed by atoms with E-state index in [-0.39, 0.29) is 0 Å². The highest BCUT2D eigenvalue weighted by Gasteiger charge is 2.06. The van der Waals surface area contributed by atoms with Gasteiger partial charge in [-0.3, -0.25) is 0 Å². The average Bonchev–Trinajstić information content (AvgIpc) is 2.57. The van der Waals surface area contributed by atoms with Crippen LogP contribution in [0.25, 0.3) is 10.9 Å². The summed E-state index contributed by atoms with van der Waals surface area (Å²) in [4.78, 5) is 0. The Labute approximate surface area is 90.7 Å². The Hall–Kier alpha value is -1.28. The fraction of sp³-hybridized carbons (Fsp3) is 0.385. The van der Waals surface area contributed by atoms with Crippen molar-refractivity contribution in [3.05, 3.63) is 36.0 Å². The van der Waals surface area contributed by atoms with Gasteiger partial charge in [-0.1, -0.05) is 25.1 Å². The summed E-state index contributed by atoms with van der Waals surface area (Å²) in [5.74, 6) is 0.528. The molecule has 1 aromatic heterocycles. The molecule has 0 saturated carbocycles. The molecule has 1 atom stereocenters. The third-order valence-electron chi connectivity index (χ3n) is 2.90. The van der Waals surface area contributed by atoms with Crippen LogP contribution < -0.4 is 5.73 Å². The first-order valence-corrected chi connectivity index (χ1v) is 5.47. The monoisotopic (exact) mass is 202 g/mol. The Bertz CT molecular complexity index is 457. The van der Waals surface area contributed by atoms with Crippen LogP contribution in [-0.2, 0) is 6.54 Å². The number of hydrogen-bond acceptors (Lipinski definition) is 1. The van der Waals surface area contributed by atoms with Crippen LogP contribution in [0.4, 0.5) is 0 Å². The smallest absolute Gasteiger partial charge is 0.0483 e. The number of benzene rings is 1. The van der Waals surface area contributed by atoms with E-state index in [0.717, 1.165) is 13.1 Å². The summed E-state index contributed by atoms with van der Waals surface area (Å²) in [6, 6.07) is 8.53. The summed E-state index contributed by atoms with van der Waals surface area (Å²) in [5, 5.41) is 1.35. The second-order valence-corrected chi connectivity index (χ2v) is 4.32. The van der Waals surface area contributed by atoms with Crippen molar-refractivity contribution >= 4 is 10.9 Å². The Kier molecular flexibility index (Phi) is 2.78. The molecule has 0 saturated heterocycles. The molecule has 0 bridgehead atoms. The topological polar surface area (TPSA) is 30.9 Å². The van der Waals surface area contributed by atoms with Crippen LogP contribution in [0.1, 0.15) is 12.5 Å². The van der Waals surface area contributed by atoms with Gasteiger partial charge in [0.15, 0.2) is 0 Å². The van der Waals surface area contributed by atoms with E-state index in [1.54, 1.807) is 0 Å². The van der Waals surface area contributed by atoms with Gasteiger partial charge in [0.25, 0.3) is 0 Å². The summed E-state index contributed by atoms with van der Waals surface area (Å²) < 4.78 is 2.31. The molecule has 2 nitrogen and oxygen atoms in total. The van der Waals surface area contributed by atoms with Crippen molar-refractivity contribution in [3.8, 4) is 0 Å². The van der Waals surface area contributed by atoms with Gasteiger partial charge in [-0.2, -0.15) is 0 Å². The molecule has 0 spiro atoms. The summed E-state index contributed by atoms with van der Waals surface area (Å²) in [7, 11) is 0. The molecule has 0 aliphatic carbocycles. The lowest BCUT2D eigenvalue weighted by molar-refractivity contribution is 0.501. The maximum atomic E-state index is 5.66. The molecule has 2 heteroatoms. The number of para-hydroxylation sites is 1. The van der Waals surface area contributed by atoms with Gasteiger partial charge in [0.2, 0.25) is 0 Å². The van der Waals surface area contributed by atoms with Crippen molar-refractivity contribution in [2.45, 2.75) is 20.4 Å². The summed E-state index contributed by atoms with van der Waals surface area (Å²) in [6.07, 6.45) is 2.22. The van der Waals surface area contributed by atoms with Gasteiger partial charge in [0.1, 0.15) is 0 Å². The third-order valence-corrected chi connectivity index (χ3v) is 2.90. The van der Waals surface area contributed by atoms with Gasteiger partial charge in [0.05, 0.1) is 0 Å². The van der Waals surface area contributed by atoms with Crippen molar-refractivity contribution in [2.75, 3.05) is 6.54 Å². The lowest BCUT2D eigenvalue weighted by Gasteiger charge is -2.10. The molecule has 1 heterocycles. The number of aryl methyl sites for hydroxylation is 1. The van der Waals surface area contributed by atoms with Gasteiger partial charge in [-0.05, 0) is 31.0 Å². The zero-order valence-electron chi connectivity index (χ0n) is 9.40. The Balaban J connectivity index is 2.43. The molecule has 80 valence electrons. The zero-order chi connectivity index (χ0) is 10.8. The van der Waals surface area contributed by atoms with Crippen LogP contribution in [0.3, 0.4) is 0 Å². The SMILES string of the molecule is Cc1cn(CC(C)CN)c2ccccc12. The number of nitrogens with two attached hydrogens (primary N) is 1. The average molecular weight is 202 g/mol. The van der Waals surface area contributed by atoms with Crippen LogP contribution in [0.2, 0.25) is 0 Å². The highest BCUT2D eigenvalue weighted by molar-refractivity contribution is 5.83. The van der Waals surface area contributed by atoms with Gasteiger partial charge in [-0.25, -0.2) is 0 Å². The maximum Gasteiger partial charge on any atom is 0.0483 e. The quantitative estimate of drug-likeness (QED) is 0.814. The second-order valence-electron chi connectivity index (χ2n) is 4.32. The molecule has 1 aromatic carbocycles. The van der Waals surface area contributed by atoms with E-state index in [9.17, 15) is 0 Å². The standard InChI is InChI=1S/C13H18N2/c1-10(7-14)8-15-9-11(2)12-5-3-4-6-13(12)15/h3-6,9-10H,7-8,14H2,1-2H3. The first kappa shape index (κ1) is 10.2. The zero-order valence-corrected chi connectivity index (χ0v) is 9.40. The van der Waals surface area contributed by atoms with Gasteiger partial charge in [-0.15, -0.1) is 0 Å². The summed E-state index contributed by atoms with van der Waals surface area (Å²) >= 11 is 0. The molecule has 2 rings (SSSR count). The van der Waals surface area contributed by atoms with Crippen LogP contribution in [0, 0.1) is 12.8 Å². The van der Waals surface area contributed by atoms with Crippen molar-refractivity contribution in [1.29, 1.82) is 0 Å². The highest BCUT2D eigenvalue weighted by atomic mass is 15.0. The molecule has 2 N–H and O–H groups in total. The lowest BCUT2D eigenvalue weighted by atomic mass is 10.2. The van der Waals surface area contributed by atoms with Crippen molar-refractivity contribution in [1.82, 2.24) is 4.57 Å². The van der Waals surface area contributed by atoms with Crippen LogP contribution in [0.15, 0.2) is 30.5 Å². The van der Waals surface area contributed by atoms with Gasteiger partial charge < -0.3 is 10.3 Å². The van der Waals surface area contributed by atoms with E-state index in [2.05, 4.69) is 48.9 Å². The first-order chi connectivity index (χ1) is 7.22. The minimum atomic E-state index is 0.528. The van der Waals surface area contributed by atoms with Gasteiger partial charge in [0, 0.05) is 23.6 Å². The first-order valence-electron chi connectivity index (χ1n) is 5.47. The minimum Gasteiger partial charge on any atom is -0.347 e. The van der Waals surface area contributed by atoms with Gasteiger partial charge >= 0.3 is 0 Å². The maximum absolute atomic E-state index is 5.66. The molecule has 1 unspecified atom stereocenters. The molecule has 0 fully saturated rings.